The van der Waals surface area contributed by atoms with Gasteiger partial charge in [0.1, 0.15) is 12.4 Å². The van der Waals surface area contributed by atoms with E-state index < -0.39 is 18.0 Å². The van der Waals surface area contributed by atoms with Crippen LogP contribution in [0.4, 0.5) is 5.69 Å². The Morgan fingerprint density at radius 3 is 2.48 bits per heavy atom. The van der Waals surface area contributed by atoms with Gasteiger partial charge in [-0.25, -0.2) is 4.79 Å². The van der Waals surface area contributed by atoms with Crippen molar-refractivity contribution < 1.29 is 28.5 Å². The molecule has 1 aliphatic rings. The summed E-state index contributed by atoms with van der Waals surface area (Å²) in [5.41, 5.74) is 1.90. The molecule has 0 saturated heterocycles. The minimum Gasteiger partial charge on any atom is -0.489 e. The fourth-order valence-corrected chi connectivity index (χ4v) is 2.93. The van der Waals surface area contributed by atoms with Crippen molar-refractivity contribution in [2.75, 3.05) is 12.1 Å². The number of hydrogen-bond acceptors (Lipinski definition) is 6. The number of fused-ring (bicyclic) bond motifs is 1. The summed E-state index contributed by atoms with van der Waals surface area (Å²) < 4.78 is 21.5. The molecule has 3 aromatic carbocycles. The summed E-state index contributed by atoms with van der Waals surface area (Å²) in [5, 5.41) is 2.70. The highest BCUT2D eigenvalue weighted by atomic mass is 16.7. The van der Waals surface area contributed by atoms with Gasteiger partial charge < -0.3 is 24.3 Å². The number of ether oxygens (including phenoxy) is 4. The Morgan fingerprint density at radius 1 is 0.968 bits per heavy atom. The Morgan fingerprint density at radius 2 is 1.71 bits per heavy atom. The molecule has 0 radical (unpaired) electrons. The van der Waals surface area contributed by atoms with Crippen molar-refractivity contribution in [2.45, 2.75) is 19.6 Å². The minimum atomic E-state index is -0.980. The summed E-state index contributed by atoms with van der Waals surface area (Å²) in [4.78, 5) is 24.7. The highest BCUT2D eigenvalue weighted by Gasteiger charge is 2.20. The summed E-state index contributed by atoms with van der Waals surface area (Å²) >= 11 is 0. The van der Waals surface area contributed by atoms with Gasteiger partial charge in [-0.05, 0) is 48.9 Å². The van der Waals surface area contributed by atoms with Gasteiger partial charge in [-0.3, -0.25) is 4.79 Å². The largest absolute Gasteiger partial charge is 0.489 e. The molecule has 0 aliphatic carbocycles. The van der Waals surface area contributed by atoms with Crippen LogP contribution in [0.3, 0.4) is 0 Å². The van der Waals surface area contributed by atoms with Crippen LogP contribution in [-0.2, 0) is 16.1 Å². The first-order valence-corrected chi connectivity index (χ1v) is 9.77. The van der Waals surface area contributed by atoms with Gasteiger partial charge in [0.2, 0.25) is 6.79 Å². The van der Waals surface area contributed by atoms with Crippen molar-refractivity contribution in [3.8, 4) is 17.2 Å². The van der Waals surface area contributed by atoms with Crippen molar-refractivity contribution in [2.24, 2.45) is 0 Å². The average molecular weight is 419 g/mol. The number of carbonyl (C=O) groups is 2. The van der Waals surface area contributed by atoms with E-state index in [9.17, 15) is 9.59 Å². The standard InChI is InChI=1S/C24H21NO6/c1-16(23(26)25-19-9-12-21-22(13-19)30-15-29-21)31-24(27)18-7-10-20(11-8-18)28-14-17-5-3-2-4-6-17/h2-13,16H,14-15H2,1H3,(H,25,26)/t16-/m1/s1. The fourth-order valence-electron chi connectivity index (χ4n) is 2.93. The zero-order valence-electron chi connectivity index (χ0n) is 16.9. The smallest absolute Gasteiger partial charge is 0.338 e. The third-order valence-corrected chi connectivity index (χ3v) is 4.63. The molecule has 4 rings (SSSR count). The molecule has 0 bridgehead atoms. The summed E-state index contributed by atoms with van der Waals surface area (Å²) in [6.45, 7) is 2.09. The van der Waals surface area contributed by atoms with Crippen LogP contribution < -0.4 is 19.5 Å². The molecule has 1 atom stereocenters. The maximum Gasteiger partial charge on any atom is 0.338 e. The van der Waals surface area contributed by atoms with E-state index in [1.54, 1.807) is 42.5 Å². The molecule has 7 nitrogen and oxygen atoms in total. The van der Waals surface area contributed by atoms with Crippen LogP contribution in [0.25, 0.3) is 0 Å². The van der Waals surface area contributed by atoms with Crippen molar-refractivity contribution in [1.82, 2.24) is 0 Å². The van der Waals surface area contributed by atoms with Gasteiger partial charge in [0.15, 0.2) is 17.6 Å². The Balaban J connectivity index is 1.29. The summed E-state index contributed by atoms with van der Waals surface area (Å²) in [6.07, 6.45) is -0.980. The first-order chi connectivity index (χ1) is 15.1. The van der Waals surface area contributed by atoms with E-state index >= 15 is 0 Å². The van der Waals surface area contributed by atoms with Gasteiger partial charge >= 0.3 is 5.97 Å². The number of amides is 1. The molecule has 0 aromatic heterocycles. The number of carbonyl (C=O) groups excluding carboxylic acids is 2. The summed E-state index contributed by atoms with van der Waals surface area (Å²) in [6, 6.07) is 21.4. The predicted octanol–water partition coefficient (Wildman–Crippen LogP) is 4.18. The quantitative estimate of drug-likeness (QED) is 0.579. The molecule has 7 heteroatoms. The maximum absolute atomic E-state index is 12.4. The van der Waals surface area contributed by atoms with Crippen molar-refractivity contribution in [3.05, 3.63) is 83.9 Å². The molecule has 0 unspecified atom stereocenters. The molecular formula is C24H21NO6. The van der Waals surface area contributed by atoms with Crippen LogP contribution in [0.1, 0.15) is 22.8 Å². The van der Waals surface area contributed by atoms with Crippen LogP contribution in [0.2, 0.25) is 0 Å². The normalized spacial score (nSPS) is 12.7. The SMILES string of the molecule is C[C@@H](OC(=O)c1ccc(OCc2ccccc2)cc1)C(=O)Nc1ccc2c(c1)OCO2. The van der Waals surface area contributed by atoms with Gasteiger partial charge in [0.25, 0.3) is 5.91 Å². The fraction of sp³-hybridized carbons (Fsp3) is 0.167. The van der Waals surface area contributed by atoms with Crippen LogP contribution in [0.15, 0.2) is 72.8 Å². The van der Waals surface area contributed by atoms with E-state index in [4.69, 9.17) is 18.9 Å². The van der Waals surface area contributed by atoms with E-state index in [-0.39, 0.29) is 6.79 Å². The van der Waals surface area contributed by atoms with Crippen LogP contribution in [0, 0.1) is 0 Å². The molecular weight excluding hydrogens is 398 g/mol. The van der Waals surface area contributed by atoms with E-state index in [0.29, 0.717) is 35.1 Å². The molecule has 1 N–H and O–H groups in total. The zero-order valence-corrected chi connectivity index (χ0v) is 16.9. The lowest BCUT2D eigenvalue weighted by Gasteiger charge is -2.14. The molecule has 158 valence electrons. The number of anilines is 1. The summed E-state index contributed by atoms with van der Waals surface area (Å²) in [5.74, 6) is 0.762. The highest BCUT2D eigenvalue weighted by molar-refractivity contribution is 5.97. The minimum absolute atomic E-state index is 0.150. The Hall–Kier alpha value is -4.00. The van der Waals surface area contributed by atoms with Gasteiger partial charge in [-0.15, -0.1) is 0 Å². The van der Waals surface area contributed by atoms with Crippen LogP contribution in [0.5, 0.6) is 17.2 Å². The lowest BCUT2D eigenvalue weighted by Crippen LogP contribution is -2.30. The van der Waals surface area contributed by atoms with E-state index in [0.717, 1.165) is 5.56 Å². The third-order valence-electron chi connectivity index (χ3n) is 4.63. The van der Waals surface area contributed by atoms with Crippen molar-refractivity contribution >= 4 is 17.6 Å². The van der Waals surface area contributed by atoms with Crippen LogP contribution in [-0.4, -0.2) is 24.8 Å². The first-order valence-electron chi connectivity index (χ1n) is 9.77. The first kappa shape index (κ1) is 20.3. The summed E-state index contributed by atoms with van der Waals surface area (Å²) in [7, 11) is 0. The predicted molar refractivity (Wildman–Crippen MR) is 113 cm³/mol. The van der Waals surface area contributed by atoms with E-state index in [1.165, 1.54) is 6.92 Å². The molecule has 0 saturated carbocycles. The number of benzene rings is 3. The van der Waals surface area contributed by atoms with Crippen molar-refractivity contribution in [3.63, 3.8) is 0 Å². The van der Waals surface area contributed by atoms with Crippen LogP contribution >= 0.6 is 0 Å². The Kier molecular flexibility index (Phi) is 6.03. The topological polar surface area (TPSA) is 83.1 Å². The van der Waals surface area contributed by atoms with Crippen molar-refractivity contribution in [1.29, 1.82) is 0 Å². The van der Waals surface area contributed by atoms with Gasteiger partial charge in [-0.1, -0.05) is 30.3 Å². The lowest BCUT2D eigenvalue weighted by molar-refractivity contribution is -0.123. The van der Waals surface area contributed by atoms with E-state index in [1.807, 2.05) is 30.3 Å². The number of nitrogens with one attached hydrogen (secondary N) is 1. The molecule has 0 fully saturated rings. The Bertz CT molecular complexity index is 1070. The van der Waals surface area contributed by atoms with Gasteiger partial charge in [-0.2, -0.15) is 0 Å². The average Bonchev–Trinajstić information content (AvgIpc) is 3.26. The Labute approximate surface area is 179 Å². The molecule has 0 spiro atoms. The molecule has 31 heavy (non-hydrogen) atoms. The number of hydrogen-bond donors (Lipinski definition) is 1. The second-order valence-corrected chi connectivity index (χ2v) is 6.90. The molecule has 1 amide bonds. The monoisotopic (exact) mass is 419 g/mol. The highest BCUT2D eigenvalue weighted by Crippen LogP contribution is 2.34. The van der Waals surface area contributed by atoms with Gasteiger partial charge in [0.05, 0.1) is 5.56 Å². The van der Waals surface area contributed by atoms with Gasteiger partial charge in [0, 0.05) is 11.8 Å². The molecule has 1 heterocycles. The number of rotatable bonds is 7. The number of esters is 1. The third kappa shape index (κ3) is 5.14. The second kappa shape index (κ2) is 9.21. The lowest BCUT2D eigenvalue weighted by atomic mass is 10.2. The van der Waals surface area contributed by atoms with E-state index in [2.05, 4.69) is 5.32 Å². The maximum atomic E-state index is 12.4. The molecule has 3 aromatic rings. The zero-order chi connectivity index (χ0) is 21.6. The molecule has 1 aliphatic heterocycles. The second-order valence-electron chi connectivity index (χ2n) is 6.90.